The molecule has 1 N–H and O–H groups in total. The van der Waals surface area contributed by atoms with E-state index in [0.29, 0.717) is 13.0 Å². The van der Waals surface area contributed by atoms with Crippen molar-refractivity contribution in [2.24, 2.45) is 0 Å². The predicted molar refractivity (Wildman–Crippen MR) is 50.5 cm³/mol. The number of hydrogen-bond donors (Lipinski definition) is 1. The van der Waals surface area contributed by atoms with Gasteiger partial charge in [-0.1, -0.05) is 0 Å². The van der Waals surface area contributed by atoms with Gasteiger partial charge < -0.3 is 14.6 Å². The topological polar surface area (TPSA) is 55.8 Å². The zero-order chi connectivity index (χ0) is 10.5. The van der Waals surface area contributed by atoms with Crippen LogP contribution in [0.15, 0.2) is 0 Å². The van der Waals surface area contributed by atoms with Gasteiger partial charge in [-0.05, 0) is 13.8 Å². The zero-order valence-electron chi connectivity index (χ0n) is 8.71. The van der Waals surface area contributed by atoms with Gasteiger partial charge in [-0.15, -0.1) is 0 Å². The summed E-state index contributed by atoms with van der Waals surface area (Å²) in [6, 6.07) is 0. The fourth-order valence-electron chi connectivity index (χ4n) is 0.485. The van der Waals surface area contributed by atoms with E-state index >= 15 is 0 Å². The molecule has 0 spiro atoms. The molecule has 0 heterocycles. The molecule has 4 heteroatoms. The van der Waals surface area contributed by atoms with Crippen molar-refractivity contribution in [1.29, 1.82) is 0 Å². The van der Waals surface area contributed by atoms with Crippen molar-refractivity contribution in [3.8, 4) is 0 Å². The molecule has 0 saturated carbocycles. The first-order chi connectivity index (χ1) is 6.18. The van der Waals surface area contributed by atoms with Crippen molar-refractivity contribution in [2.45, 2.75) is 27.2 Å². The Bertz CT molecular complexity index is 102. The van der Waals surface area contributed by atoms with E-state index in [1.165, 1.54) is 6.92 Å². The first-order valence-corrected chi connectivity index (χ1v) is 4.50. The maximum Gasteiger partial charge on any atom is 0.302 e. The lowest BCUT2D eigenvalue weighted by Crippen LogP contribution is -2.01. The minimum absolute atomic E-state index is 0.0767. The third kappa shape index (κ3) is 24.6. The van der Waals surface area contributed by atoms with Gasteiger partial charge in [0.1, 0.15) is 0 Å². The predicted octanol–water partition coefficient (Wildman–Crippen LogP) is 0.975. The number of aliphatic hydroxyl groups excluding tert-OH is 1. The Balaban J connectivity index is 0. The molecule has 0 radical (unpaired) electrons. The Hall–Kier alpha value is -0.610. The van der Waals surface area contributed by atoms with Gasteiger partial charge in [-0.2, -0.15) is 0 Å². The van der Waals surface area contributed by atoms with Crippen LogP contribution in [0.5, 0.6) is 0 Å². The van der Waals surface area contributed by atoms with Crippen LogP contribution in [0.3, 0.4) is 0 Å². The van der Waals surface area contributed by atoms with Gasteiger partial charge in [-0.3, -0.25) is 4.79 Å². The second-order valence-corrected chi connectivity index (χ2v) is 2.20. The lowest BCUT2D eigenvalue weighted by Gasteiger charge is -1.96. The summed E-state index contributed by atoms with van der Waals surface area (Å²) in [6.07, 6.45) is 0.527. The minimum atomic E-state index is -0.293. The van der Waals surface area contributed by atoms with Crippen molar-refractivity contribution in [1.82, 2.24) is 0 Å². The van der Waals surface area contributed by atoms with Gasteiger partial charge in [0.25, 0.3) is 0 Å². The molecule has 0 atom stereocenters. The highest BCUT2D eigenvalue weighted by Crippen LogP contribution is 1.79. The smallest absolute Gasteiger partial charge is 0.302 e. The molecule has 4 nitrogen and oxygen atoms in total. The average molecular weight is 192 g/mol. The van der Waals surface area contributed by atoms with E-state index in [1.807, 2.05) is 13.8 Å². The summed E-state index contributed by atoms with van der Waals surface area (Å²) in [5.41, 5.74) is 0. The Morgan fingerprint density at radius 3 is 2.08 bits per heavy atom. The number of esters is 1. The molecule has 0 rings (SSSR count). The maximum absolute atomic E-state index is 10.0. The monoisotopic (exact) mass is 192 g/mol. The second kappa shape index (κ2) is 13.9. The summed E-state index contributed by atoms with van der Waals surface area (Å²) in [5, 5.41) is 8.19. The van der Waals surface area contributed by atoms with Crippen LogP contribution in [-0.2, 0) is 14.3 Å². The number of rotatable bonds is 5. The molecular formula is C9H20O4. The SMILES string of the molecule is CC(=O)OCCCO.CCOCC. The van der Waals surface area contributed by atoms with Crippen LogP contribution < -0.4 is 0 Å². The largest absolute Gasteiger partial charge is 0.466 e. The normalized spacial score (nSPS) is 8.62. The van der Waals surface area contributed by atoms with Crippen molar-refractivity contribution in [3.63, 3.8) is 0 Å². The Morgan fingerprint density at radius 1 is 1.31 bits per heavy atom. The van der Waals surface area contributed by atoms with Crippen molar-refractivity contribution in [3.05, 3.63) is 0 Å². The second-order valence-electron chi connectivity index (χ2n) is 2.20. The number of hydrogen-bond acceptors (Lipinski definition) is 4. The van der Waals surface area contributed by atoms with Crippen molar-refractivity contribution < 1.29 is 19.4 Å². The number of ether oxygens (including phenoxy) is 2. The molecule has 0 aromatic carbocycles. The molecule has 0 bridgehead atoms. The first-order valence-electron chi connectivity index (χ1n) is 4.50. The summed E-state index contributed by atoms with van der Waals surface area (Å²) in [7, 11) is 0. The molecule has 0 unspecified atom stereocenters. The van der Waals surface area contributed by atoms with Crippen LogP contribution in [0.2, 0.25) is 0 Å². The summed E-state index contributed by atoms with van der Waals surface area (Å²) in [4.78, 5) is 10.0. The van der Waals surface area contributed by atoms with Gasteiger partial charge >= 0.3 is 5.97 Å². The van der Waals surface area contributed by atoms with E-state index in [2.05, 4.69) is 4.74 Å². The lowest BCUT2D eigenvalue weighted by molar-refractivity contribution is -0.141. The molecular weight excluding hydrogens is 172 g/mol. The molecule has 0 aliphatic rings. The molecule has 80 valence electrons. The highest BCUT2D eigenvalue weighted by molar-refractivity contribution is 5.65. The van der Waals surface area contributed by atoms with Gasteiger partial charge in [0.2, 0.25) is 0 Å². The minimum Gasteiger partial charge on any atom is -0.466 e. The molecule has 0 aromatic heterocycles. The van der Waals surface area contributed by atoms with Crippen LogP contribution in [0.25, 0.3) is 0 Å². The Kier molecular flexibility index (Phi) is 16.0. The van der Waals surface area contributed by atoms with Crippen LogP contribution >= 0.6 is 0 Å². The number of carbonyl (C=O) groups excluding carboxylic acids is 1. The summed E-state index contributed by atoms with van der Waals surface area (Å²) < 4.78 is 9.32. The molecule has 0 fully saturated rings. The molecule has 0 aliphatic carbocycles. The van der Waals surface area contributed by atoms with Gasteiger partial charge in [0.15, 0.2) is 0 Å². The van der Waals surface area contributed by atoms with Crippen LogP contribution in [0, 0.1) is 0 Å². The third-order valence-electron chi connectivity index (χ3n) is 1.02. The first kappa shape index (κ1) is 14.9. The highest BCUT2D eigenvalue weighted by atomic mass is 16.5. The lowest BCUT2D eigenvalue weighted by atomic mass is 10.5. The van der Waals surface area contributed by atoms with E-state index in [1.54, 1.807) is 0 Å². The molecule has 0 aromatic rings. The highest BCUT2D eigenvalue weighted by Gasteiger charge is 1.88. The third-order valence-corrected chi connectivity index (χ3v) is 1.02. The Labute approximate surface area is 79.8 Å². The van der Waals surface area contributed by atoms with Crippen molar-refractivity contribution >= 4 is 5.97 Å². The van der Waals surface area contributed by atoms with E-state index in [9.17, 15) is 4.79 Å². The molecule has 0 amide bonds. The van der Waals surface area contributed by atoms with Gasteiger partial charge in [-0.25, -0.2) is 0 Å². The van der Waals surface area contributed by atoms with Crippen LogP contribution in [-0.4, -0.2) is 37.5 Å². The summed E-state index contributed by atoms with van der Waals surface area (Å²) in [5.74, 6) is -0.293. The average Bonchev–Trinajstić information content (AvgIpc) is 2.07. The van der Waals surface area contributed by atoms with Crippen LogP contribution in [0.4, 0.5) is 0 Å². The molecule has 13 heavy (non-hydrogen) atoms. The quantitative estimate of drug-likeness (QED) is 0.521. The standard InChI is InChI=1S/C5H10O3.C4H10O/c1-5(7)8-4-2-3-6;1-3-5-4-2/h6H,2-4H2,1H3;3-4H2,1-2H3. The van der Waals surface area contributed by atoms with E-state index in [0.717, 1.165) is 13.2 Å². The van der Waals surface area contributed by atoms with Gasteiger partial charge in [0.05, 0.1) is 6.61 Å². The molecule has 0 aliphatic heterocycles. The fourth-order valence-corrected chi connectivity index (χ4v) is 0.485. The van der Waals surface area contributed by atoms with E-state index in [-0.39, 0.29) is 12.6 Å². The number of carbonyl (C=O) groups is 1. The van der Waals surface area contributed by atoms with Crippen LogP contribution in [0.1, 0.15) is 27.2 Å². The van der Waals surface area contributed by atoms with E-state index < -0.39 is 0 Å². The summed E-state index contributed by atoms with van der Waals surface area (Å²) >= 11 is 0. The van der Waals surface area contributed by atoms with Crippen molar-refractivity contribution in [2.75, 3.05) is 26.4 Å². The maximum atomic E-state index is 10.0. The van der Waals surface area contributed by atoms with E-state index in [4.69, 9.17) is 9.84 Å². The van der Waals surface area contributed by atoms with Gasteiger partial charge in [0, 0.05) is 33.2 Å². The summed E-state index contributed by atoms with van der Waals surface area (Å²) in [6.45, 7) is 7.41. The molecule has 0 saturated heterocycles. The fraction of sp³-hybridized carbons (Fsp3) is 0.889. The zero-order valence-corrected chi connectivity index (χ0v) is 8.71. The Morgan fingerprint density at radius 2 is 1.85 bits per heavy atom. The number of aliphatic hydroxyl groups is 1.